The normalized spacial score (nSPS) is 21.0. The van der Waals surface area contributed by atoms with Gasteiger partial charge in [0, 0.05) is 12.3 Å². The average molecular weight is 239 g/mol. The smallest absolute Gasteiger partial charge is 0.148 e. The highest BCUT2D eigenvalue weighted by Crippen LogP contribution is 2.37. The van der Waals surface area contributed by atoms with Gasteiger partial charge in [-0.25, -0.2) is 8.42 Å². The number of hydrogen-bond acceptors (Lipinski definition) is 3. The number of rotatable bonds is 4. The van der Waals surface area contributed by atoms with Crippen LogP contribution in [0.1, 0.15) is 23.5 Å². The summed E-state index contributed by atoms with van der Waals surface area (Å²) in [6.45, 7) is 0. The van der Waals surface area contributed by atoms with Gasteiger partial charge in [-0.15, -0.1) is 0 Å². The first-order chi connectivity index (χ1) is 7.46. The maximum Gasteiger partial charge on any atom is 0.148 e. The molecule has 0 spiro atoms. The second-order valence-electron chi connectivity index (χ2n) is 4.69. The largest absolute Gasteiger partial charge is 0.327 e. The highest BCUT2D eigenvalue weighted by molar-refractivity contribution is 7.90. The summed E-state index contributed by atoms with van der Waals surface area (Å²) in [6, 6.07) is 8.04. The Bertz CT molecular complexity index is 482. The predicted molar refractivity (Wildman–Crippen MR) is 65.2 cm³/mol. The van der Waals surface area contributed by atoms with Gasteiger partial charge in [-0.1, -0.05) is 24.3 Å². The minimum absolute atomic E-state index is 0.0890. The summed E-state index contributed by atoms with van der Waals surface area (Å²) in [5.41, 5.74) is 8.56. The third kappa shape index (κ3) is 2.62. The zero-order valence-electron chi connectivity index (χ0n) is 9.39. The topological polar surface area (TPSA) is 60.2 Å². The molecule has 1 aliphatic rings. The lowest BCUT2D eigenvalue weighted by atomic mass is 9.75. The summed E-state index contributed by atoms with van der Waals surface area (Å²) in [4.78, 5) is 0. The highest BCUT2D eigenvalue weighted by Gasteiger charge is 2.27. The quantitative estimate of drug-likeness (QED) is 0.855. The molecule has 1 aromatic rings. The first-order valence-corrected chi connectivity index (χ1v) is 7.53. The molecule has 0 radical (unpaired) electrons. The molecule has 0 amide bonds. The fourth-order valence-corrected chi connectivity index (χ4v) is 3.31. The molecule has 0 saturated carbocycles. The fourth-order valence-electron chi connectivity index (χ4n) is 2.40. The van der Waals surface area contributed by atoms with E-state index in [4.69, 9.17) is 5.73 Å². The minimum atomic E-state index is -2.96. The molecule has 4 heteroatoms. The van der Waals surface area contributed by atoms with E-state index in [1.165, 1.54) is 17.4 Å². The second-order valence-corrected chi connectivity index (χ2v) is 6.87. The molecule has 2 rings (SSSR count). The molecule has 16 heavy (non-hydrogen) atoms. The Kier molecular flexibility index (Phi) is 3.04. The van der Waals surface area contributed by atoms with Crippen molar-refractivity contribution in [2.75, 3.05) is 12.0 Å². The number of nitrogens with two attached hydrogens (primary N) is 1. The van der Waals surface area contributed by atoms with E-state index in [1.54, 1.807) is 0 Å². The molecule has 0 heterocycles. The highest BCUT2D eigenvalue weighted by atomic mass is 32.2. The summed E-state index contributed by atoms with van der Waals surface area (Å²) < 4.78 is 22.2. The van der Waals surface area contributed by atoms with Gasteiger partial charge in [0.25, 0.3) is 0 Å². The molecule has 0 bridgehead atoms. The molecule has 1 aromatic carbocycles. The molecule has 2 atom stereocenters. The van der Waals surface area contributed by atoms with Gasteiger partial charge in [-0.3, -0.25) is 0 Å². The first kappa shape index (κ1) is 11.6. The standard InChI is InChI=1S/C12H17NO2S/c1-16(14,15)8-11(13)7-10-6-9-4-2-3-5-12(9)10/h2-5,10-11H,6-8,13H2,1H3. The molecule has 0 aliphatic heterocycles. The summed E-state index contributed by atoms with van der Waals surface area (Å²) in [5.74, 6) is 0.541. The lowest BCUT2D eigenvalue weighted by Crippen LogP contribution is -2.33. The third-order valence-corrected chi connectivity index (χ3v) is 4.10. The van der Waals surface area contributed by atoms with Crippen molar-refractivity contribution in [2.24, 2.45) is 5.73 Å². The molecular formula is C12H17NO2S. The Morgan fingerprint density at radius 2 is 2.12 bits per heavy atom. The third-order valence-electron chi connectivity index (χ3n) is 3.07. The SMILES string of the molecule is CS(=O)(=O)CC(N)CC1Cc2ccccc21. The Balaban J connectivity index is 1.94. The van der Waals surface area contributed by atoms with Gasteiger partial charge in [-0.2, -0.15) is 0 Å². The van der Waals surface area contributed by atoms with Crippen molar-refractivity contribution in [3.8, 4) is 0 Å². The zero-order chi connectivity index (χ0) is 11.8. The summed E-state index contributed by atoms with van der Waals surface area (Å²) in [7, 11) is -2.96. The van der Waals surface area contributed by atoms with Gasteiger partial charge in [0.15, 0.2) is 0 Å². The molecule has 1 aliphatic carbocycles. The van der Waals surface area contributed by atoms with Gasteiger partial charge in [-0.05, 0) is 29.9 Å². The van der Waals surface area contributed by atoms with Crippen LogP contribution in [0.4, 0.5) is 0 Å². The van der Waals surface area contributed by atoms with Crippen LogP contribution in [-0.2, 0) is 16.3 Å². The molecular weight excluding hydrogens is 222 g/mol. The molecule has 0 aromatic heterocycles. The lowest BCUT2D eigenvalue weighted by molar-refractivity contribution is 0.503. The van der Waals surface area contributed by atoms with E-state index < -0.39 is 9.84 Å². The maximum atomic E-state index is 11.1. The van der Waals surface area contributed by atoms with Crippen molar-refractivity contribution >= 4 is 9.84 Å². The van der Waals surface area contributed by atoms with Gasteiger partial charge in [0.1, 0.15) is 9.84 Å². The van der Waals surface area contributed by atoms with Crippen LogP contribution in [0.2, 0.25) is 0 Å². The van der Waals surface area contributed by atoms with Gasteiger partial charge >= 0.3 is 0 Å². The fraction of sp³-hybridized carbons (Fsp3) is 0.500. The number of fused-ring (bicyclic) bond motifs is 1. The van der Waals surface area contributed by atoms with Crippen LogP contribution in [0.5, 0.6) is 0 Å². The molecule has 0 saturated heterocycles. The summed E-state index contributed by atoms with van der Waals surface area (Å²) in [6.07, 6.45) is 3.04. The first-order valence-electron chi connectivity index (χ1n) is 5.47. The Morgan fingerprint density at radius 3 is 2.75 bits per heavy atom. The average Bonchev–Trinajstić information content (AvgIpc) is 2.11. The van der Waals surface area contributed by atoms with E-state index in [1.807, 2.05) is 12.1 Å². The molecule has 2 unspecified atom stereocenters. The maximum absolute atomic E-state index is 11.1. The molecule has 2 N–H and O–H groups in total. The van der Waals surface area contributed by atoms with Crippen LogP contribution < -0.4 is 5.73 Å². The van der Waals surface area contributed by atoms with Crippen LogP contribution in [0, 0.1) is 0 Å². The monoisotopic (exact) mass is 239 g/mol. The summed E-state index contributed by atoms with van der Waals surface area (Å²) >= 11 is 0. The molecule has 88 valence electrons. The Labute approximate surface area is 96.6 Å². The van der Waals surface area contributed by atoms with Crippen LogP contribution >= 0.6 is 0 Å². The van der Waals surface area contributed by atoms with Crippen molar-refractivity contribution in [3.63, 3.8) is 0 Å². The van der Waals surface area contributed by atoms with Crippen LogP contribution in [0.25, 0.3) is 0 Å². The van der Waals surface area contributed by atoms with Crippen molar-refractivity contribution in [2.45, 2.75) is 24.8 Å². The van der Waals surface area contributed by atoms with E-state index in [2.05, 4.69) is 12.1 Å². The number of sulfone groups is 1. The van der Waals surface area contributed by atoms with Crippen molar-refractivity contribution in [3.05, 3.63) is 35.4 Å². The lowest BCUT2D eigenvalue weighted by Gasteiger charge is -2.31. The van der Waals surface area contributed by atoms with E-state index in [0.717, 1.165) is 12.8 Å². The van der Waals surface area contributed by atoms with Crippen molar-refractivity contribution in [1.82, 2.24) is 0 Å². The predicted octanol–water partition coefficient (Wildman–Crippen LogP) is 1.09. The van der Waals surface area contributed by atoms with Gasteiger partial charge in [0.2, 0.25) is 0 Å². The van der Waals surface area contributed by atoms with Crippen LogP contribution in [0.15, 0.2) is 24.3 Å². The van der Waals surface area contributed by atoms with Crippen molar-refractivity contribution < 1.29 is 8.42 Å². The second kappa shape index (κ2) is 4.18. The Hall–Kier alpha value is -0.870. The molecule has 3 nitrogen and oxygen atoms in total. The summed E-state index contributed by atoms with van der Waals surface area (Å²) in [5, 5.41) is 0. The minimum Gasteiger partial charge on any atom is -0.327 e. The molecule has 0 fully saturated rings. The van der Waals surface area contributed by atoms with E-state index >= 15 is 0 Å². The number of benzene rings is 1. The van der Waals surface area contributed by atoms with Crippen LogP contribution in [-0.4, -0.2) is 26.5 Å². The van der Waals surface area contributed by atoms with Gasteiger partial charge < -0.3 is 5.73 Å². The van der Waals surface area contributed by atoms with Crippen molar-refractivity contribution in [1.29, 1.82) is 0 Å². The van der Waals surface area contributed by atoms with E-state index in [9.17, 15) is 8.42 Å². The van der Waals surface area contributed by atoms with E-state index in [0.29, 0.717) is 5.92 Å². The zero-order valence-corrected chi connectivity index (χ0v) is 10.2. The number of hydrogen-bond donors (Lipinski definition) is 1. The Morgan fingerprint density at radius 1 is 1.44 bits per heavy atom. The van der Waals surface area contributed by atoms with Gasteiger partial charge in [0.05, 0.1) is 5.75 Å². The van der Waals surface area contributed by atoms with Crippen LogP contribution in [0.3, 0.4) is 0 Å². The van der Waals surface area contributed by atoms with E-state index in [-0.39, 0.29) is 11.8 Å².